The predicted molar refractivity (Wildman–Crippen MR) is 73.8 cm³/mol. The first-order valence-corrected chi connectivity index (χ1v) is 6.32. The molecule has 0 radical (unpaired) electrons. The van der Waals surface area contributed by atoms with Crippen molar-refractivity contribution in [1.29, 1.82) is 0 Å². The normalized spacial score (nSPS) is 11.3. The van der Waals surface area contributed by atoms with Crippen molar-refractivity contribution in [1.82, 2.24) is 4.98 Å². The number of benzene rings is 1. The zero-order chi connectivity index (χ0) is 13.8. The van der Waals surface area contributed by atoms with Gasteiger partial charge in [-0.05, 0) is 12.1 Å². The number of hydrogen-bond acceptors (Lipinski definition) is 5. The zero-order valence-corrected chi connectivity index (χ0v) is 11.0. The van der Waals surface area contributed by atoms with Gasteiger partial charge in [0.2, 0.25) is 0 Å². The van der Waals surface area contributed by atoms with Crippen LogP contribution in [0.2, 0.25) is 0 Å². The lowest BCUT2D eigenvalue weighted by atomic mass is 10.1. The zero-order valence-electron chi connectivity index (χ0n) is 10.1. The fraction of sp³-hybridized carbons (Fsp3) is 0.0833. The van der Waals surface area contributed by atoms with Crippen molar-refractivity contribution in [3.63, 3.8) is 0 Å². The number of amidine groups is 1. The van der Waals surface area contributed by atoms with Crippen molar-refractivity contribution in [3.8, 4) is 0 Å². The molecule has 0 saturated carbocycles. The third kappa shape index (κ3) is 2.71. The number of rotatable bonds is 3. The fourth-order valence-corrected chi connectivity index (χ4v) is 2.06. The minimum atomic E-state index is -0.210. The fourth-order valence-electron chi connectivity index (χ4n) is 1.54. The highest BCUT2D eigenvalue weighted by Crippen LogP contribution is 2.17. The molecule has 0 aliphatic carbocycles. The molecule has 0 unspecified atom stereocenters. The number of hydrogen-bond donors (Lipinski definition) is 2. The predicted octanol–water partition coefficient (Wildman–Crippen LogP) is 1.51. The van der Waals surface area contributed by atoms with E-state index in [1.807, 2.05) is 0 Å². The van der Waals surface area contributed by atoms with E-state index in [2.05, 4.69) is 10.1 Å². The molecule has 0 aliphatic heterocycles. The summed E-state index contributed by atoms with van der Waals surface area (Å²) in [6.07, 6.45) is 0. The standard InChI is InChI=1S/C12H12N4O2S/c1-16(12(17)10-6-19-7-14-10)9-4-2-3-8(5-9)11(13)15-18/h2-7,18H,1H3,(H2,13,15). The maximum atomic E-state index is 12.1. The molecule has 0 bridgehead atoms. The Morgan fingerprint density at radius 3 is 2.95 bits per heavy atom. The maximum Gasteiger partial charge on any atom is 0.277 e. The SMILES string of the molecule is CN(C(=O)c1cscn1)c1cccc(C(N)=NO)c1. The molecule has 1 aromatic heterocycles. The lowest BCUT2D eigenvalue weighted by Crippen LogP contribution is -2.26. The topological polar surface area (TPSA) is 91.8 Å². The largest absolute Gasteiger partial charge is 0.409 e. The first kappa shape index (κ1) is 13.0. The number of amides is 1. The summed E-state index contributed by atoms with van der Waals surface area (Å²) < 4.78 is 0. The summed E-state index contributed by atoms with van der Waals surface area (Å²) in [5.41, 5.74) is 8.70. The number of carbonyl (C=O) groups excluding carboxylic acids is 1. The summed E-state index contributed by atoms with van der Waals surface area (Å²) in [4.78, 5) is 17.6. The molecule has 1 amide bonds. The molecule has 3 N–H and O–H groups in total. The molecule has 98 valence electrons. The van der Waals surface area contributed by atoms with E-state index in [0.717, 1.165) is 0 Å². The summed E-state index contributed by atoms with van der Waals surface area (Å²) >= 11 is 1.36. The second-order valence-corrected chi connectivity index (χ2v) is 4.49. The molecule has 1 heterocycles. The Hall–Kier alpha value is -2.41. The number of aromatic nitrogens is 1. The summed E-state index contributed by atoms with van der Waals surface area (Å²) in [7, 11) is 1.65. The molecule has 1 aromatic carbocycles. The molecular weight excluding hydrogens is 264 g/mol. The highest BCUT2D eigenvalue weighted by molar-refractivity contribution is 7.07. The highest BCUT2D eigenvalue weighted by Gasteiger charge is 2.15. The molecule has 0 spiro atoms. The third-order valence-corrected chi connectivity index (χ3v) is 3.18. The van der Waals surface area contributed by atoms with Crippen LogP contribution in [0.4, 0.5) is 5.69 Å². The average molecular weight is 276 g/mol. The lowest BCUT2D eigenvalue weighted by Gasteiger charge is -2.16. The molecule has 7 heteroatoms. The van der Waals surface area contributed by atoms with Crippen LogP contribution in [0, 0.1) is 0 Å². The minimum absolute atomic E-state index is 0.00337. The first-order valence-electron chi connectivity index (χ1n) is 5.37. The Bertz CT molecular complexity index is 610. The Labute approximate surface area is 113 Å². The van der Waals surface area contributed by atoms with Gasteiger partial charge < -0.3 is 15.8 Å². The van der Waals surface area contributed by atoms with Gasteiger partial charge in [0.05, 0.1) is 5.51 Å². The summed E-state index contributed by atoms with van der Waals surface area (Å²) in [6.45, 7) is 0. The summed E-state index contributed by atoms with van der Waals surface area (Å²) in [5.74, 6) is -0.214. The second kappa shape index (κ2) is 5.49. The van der Waals surface area contributed by atoms with E-state index in [1.54, 1.807) is 42.2 Å². The Kier molecular flexibility index (Phi) is 3.76. The lowest BCUT2D eigenvalue weighted by molar-refractivity contribution is 0.0989. The van der Waals surface area contributed by atoms with Gasteiger partial charge >= 0.3 is 0 Å². The number of oxime groups is 1. The Morgan fingerprint density at radius 2 is 2.32 bits per heavy atom. The van der Waals surface area contributed by atoms with Crippen LogP contribution >= 0.6 is 11.3 Å². The molecule has 6 nitrogen and oxygen atoms in total. The number of nitrogens with two attached hydrogens (primary N) is 1. The van der Waals surface area contributed by atoms with Gasteiger partial charge in [-0.15, -0.1) is 11.3 Å². The first-order chi connectivity index (χ1) is 9.13. The van der Waals surface area contributed by atoms with Crippen LogP contribution in [0.25, 0.3) is 0 Å². The van der Waals surface area contributed by atoms with Gasteiger partial charge in [0, 0.05) is 23.7 Å². The number of thiazole rings is 1. The number of carbonyl (C=O) groups is 1. The van der Waals surface area contributed by atoms with Gasteiger partial charge in [0.1, 0.15) is 5.69 Å². The number of anilines is 1. The van der Waals surface area contributed by atoms with E-state index < -0.39 is 0 Å². The van der Waals surface area contributed by atoms with E-state index in [0.29, 0.717) is 16.9 Å². The van der Waals surface area contributed by atoms with Crippen molar-refractivity contribution in [2.24, 2.45) is 10.9 Å². The van der Waals surface area contributed by atoms with Crippen molar-refractivity contribution < 1.29 is 10.0 Å². The molecule has 2 aromatic rings. The van der Waals surface area contributed by atoms with Gasteiger partial charge in [-0.1, -0.05) is 17.3 Å². The van der Waals surface area contributed by atoms with Gasteiger partial charge in [-0.25, -0.2) is 4.98 Å². The molecule has 19 heavy (non-hydrogen) atoms. The van der Waals surface area contributed by atoms with Gasteiger partial charge in [0.15, 0.2) is 5.84 Å². The highest BCUT2D eigenvalue weighted by atomic mass is 32.1. The van der Waals surface area contributed by atoms with Crippen molar-refractivity contribution in [2.75, 3.05) is 11.9 Å². The van der Waals surface area contributed by atoms with E-state index in [9.17, 15) is 4.79 Å². The molecule has 0 aliphatic rings. The molecule has 0 atom stereocenters. The maximum absolute atomic E-state index is 12.1. The van der Waals surface area contributed by atoms with Crippen LogP contribution < -0.4 is 10.6 Å². The van der Waals surface area contributed by atoms with Crippen LogP contribution in [0.3, 0.4) is 0 Å². The van der Waals surface area contributed by atoms with Crippen LogP contribution in [0.5, 0.6) is 0 Å². The van der Waals surface area contributed by atoms with Gasteiger partial charge in [-0.3, -0.25) is 4.79 Å². The van der Waals surface area contributed by atoms with Crippen LogP contribution in [-0.4, -0.2) is 29.0 Å². The molecule has 2 rings (SSSR count). The van der Waals surface area contributed by atoms with Gasteiger partial charge in [0.25, 0.3) is 5.91 Å². The Balaban J connectivity index is 2.29. The van der Waals surface area contributed by atoms with Crippen LogP contribution in [0.1, 0.15) is 16.1 Å². The average Bonchev–Trinajstić information content (AvgIpc) is 2.99. The van der Waals surface area contributed by atoms with Crippen LogP contribution in [0.15, 0.2) is 40.3 Å². The molecular formula is C12H12N4O2S. The Morgan fingerprint density at radius 1 is 1.53 bits per heavy atom. The molecule has 0 fully saturated rings. The van der Waals surface area contributed by atoms with Crippen molar-refractivity contribution in [3.05, 3.63) is 46.4 Å². The summed E-state index contributed by atoms with van der Waals surface area (Å²) in [6, 6.07) is 6.85. The number of nitrogens with zero attached hydrogens (tertiary/aromatic N) is 3. The van der Waals surface area contributed by atoms with Gasteiger partial charge in [-0.2, -0.15) is 0 Å². The quantitative estimate of drug-likeness (QED) is 0.385. The summed E-state index contributed by atoms with van der Waals surface area (Å²) in [5, 5.41) is 13.3. The van der Waals surface area contributed by atoms with E-state index in [4.69, 9.17) is 10.9 Å². The van der Waals surface area contributed by atoms with E-state index in [1.165, 1.54) is 16.2 Å². The second-order valence-electron chi connectivity index (χ2n) is 3.77. The van der Waals surface area contributed by atoms with Crippen molar-refractivity contribution in [2.45, 2.75) is 0 Å². The van der Waals surface area contributed by atoms with Crippen molar-refractivity contribution >= 4 is 28.8 Å². The molecule has 0 saturated heterocycles. The van der Waals surface area contributed by atoms with E-state index >= 15 is 0 Å². The minimum Gasteiger partial charge on any atom is -0.409 e. The van der Waals surface area contributed by atoms with E-state index in [-0.39, 0.29) is 11.7 Å². The smallest absolute Gasteiger partial charge is 0.277 e. The third-order valence-electron chi connectivity index (χ3n) is 2.59. The van der Waals surface area contributed by atoms with Crippen LogP contribution in [-0.2, 0) is 0 Å². The monoisotopic (exact) mass is 276 g/mol.